The molecule has 4 nitrogen and oxygen atoms in total. The van der Waals surface area contributed by atoms with Crippen LogP contribution in [0.4, 0.5) is 5.82 Å². The van der Waals surface area contributed by atoms with Gasteiger partial charge in [0.25, 0.3) is 0 Å². The van der Waals surface area contributed by atoms with E-state index in [0.717, 1.165) is 16.7 Å². The maximum Gasteiger partial charge on any atom is 0.168 e. The number of aromatic amines is 1. The van der Waals surface area contributed by atoms with Gasteiger partial charge in [0.2, 0.25) is 0 Å². The number of hydrogen-bond donors (Lipinski definition) is 3. The lowest BCUT2D eigenvalue weighted by Crippen LogP contribution is -1.91. The number of aromatic hydroxyl groups is 1. The van der Waals surface area contributed by atoms with Crippen molar-refractivity contribution < 1.29 is 5.11 Å². The summed E-state index contributed by atoms with van der Waals surface area (Å²) in [5.74, 6) is 0.670. The highest BCUT2D eigenvalue weighted by atomic mass is 16.3. The van der Waals surface area contributed by atoms with Crippen molar-refractivity contribution in [3.63, 3.8) is 0 Å². The van der Waals surface area contributed by atoms with Crippen LogP contribution in [0.2, 0.25) is 0 Å². The summed E-state index contributed by atoms with van der Waals surface area (Å²) in [4.78, 5) is 7.32. The standard InChI is InChI=1S/C9H11N3O.C2H6/c1-5-3-6-7(11-5)4-8(13)9(10-2)12-6;1-2/h3-4,11,13H,1-2H3,(H,10,12);1-2H3. The van der Waals surface area contributed by atoms with E-state index in [1.54, 1.807) is 13.1 Å². The van der Waals surface area contributed by atoms with Crippen molar-refractivity contribution in [2.24, 2.45) is 0 Å². The molecule has 0 spiro atoms. The van der Waals surface area contributed by atoms with Crippen molar-refractivity contribution in [1.29, 1.82) is 0 Å². The Kier molecular flexibility index (Phi) is 3.55. The van der Waals surface area contributed by atoms with Crippen molar-refractivity contribution >= 4 is 16.9 Å². The minimum Gasteiger partial charge on any atom is -0.504 e. The van der Waals surface area contributed by atoms with E-state index in [4.69, 9.17) is 0 Å². The second kappa shape index (κ2) is 4.68. The summed E-state index contributed by atoms with van der Waals surface area (Å²) in [5.41, 5.74) is 2.75. The van der Waals surface area contributed by atoms with E-state index in [1.165, 1.54) is 0 Å². The minimum atomic E-state index is 0.164. The van der Waals surface area contributed by atoms with Crippen LogP contribution in [0.3, 0.4) is 0 Å². The molecule has 0 unspecified atom stereocenters. The fourth-order valence-corrected chi connectivity index (χ4v) is 1.36. The molecule has 0 bridgehead atoms. The van der Waals surface area contributed by atoms with Crippen molar-refractivity contribution in [1.82, 2.24) is 9.97 Å². The first kappa shape index (κ1) is 11.4. The van der Waals surface area contributed by atoms with Crippen molar-refractivity contribution in [2.45, 2.75) is 20.8 Å². The fourth-order valence-electron chi connectivity index (χ4n) is 1.36. The van der Waals surface area contributed by atoms with Gasteiger partial charge in [-0.2, -0.15) is 0 Å². The smallest absolute Gasteiger partial charge is 0.168 e. The Morgan fingerprint density at radius 3 is 2.60 bits per heavy atom. The third kappa shape index (κ3) is 2.21. The first-order valence-electron chi connectivity index (χ1n) is 5.08. The lowest BCUT2D eigenvalue weighted by Gasteiger charge is -2.01. The van der Waals surface area contributed by atoms with Crippen LogP contribution in [0.15, 0.2) is 12.1 Å². The molecular weight excluding hydrogens is 190 g/mol. The molecule has 2 aromatic rings. The van der Waals surface area contributed by atoms with E-state index in [1.807, 2.05) is 26.8 Å². The van der Waals surface area contributed by atoms with Crippen LogP contribution in [0.1, 0.15) is 19.5 Å². The molecule has 0 atom stereocenters. The van der Waals surface area contributed by atoms with Gasteiger partial charge < -0.3 is 15.4 Å². The molecule has 0 saturated carbocycles. The first-order chi connectivity index (χ1) is 7.20. The number of H-pyrrole nitrogens is 1. The van der Waals surface area contributed by atoms with E-state index < -0.39 is 0 Å². The Hall–Kier alpha value is -1.71. The largest absolute Gasteiger partial charge is 0.504 e. The number of fused-ring (bicyclic) bond motifs is 1. The molecule has 0 saturated heterocycles. The third-order valence-electron chi connectivity index (χ3n) is 1.95. The number of nitrogens with one attached hydrogen (secondary N) is 2. The highest BCUT2D eigenvalue weighted by molar-refractivity contribution is 5.80. The summed E-state index contributed by atoms with van der Waals surface area (Å²) in [5, 5.41) is 12.3. The van der Waals surface area contributed by atoms with Gasteiger partial charge >= 0.3 is 0 Å². The number of rotatable bonds is 1. The Morgan fingerprint density at radius 1 is 1.33 bits per heavy atom. The predicted molar refractivity (Wildman–Crippen MR) is 63.4 cm³/mol. The van der Waals surface area contributed by atoms with Crippen LogP contribution in [0.25, 0.3) is 11.0 Å². The molecule has 0 amide bonds. The summed E-state index contributed by atoms with van der Waals surface area (Å²) < 4.78 is 0. The van der Waals surface area contributed by atoms with Gasteiger partial charge in [0, 0.05) is 18.8 Å². The van der Waals surface area contributed by atoms with Crippen LogP contribution in [0.5, 0.6) is 5.75 Å². The number of aryl methyl sites for hydroxylation is 1. The molecule has 82 valence electrons. The monoisotopic (exact) mass is 207 g/mol. The van der Waals surface area contributed by atoms with Gasteiger partial charge in [-0.05, 0) is 13.0 Å². The van der Waals surface area contributed by atoms with Crippen LogP contribution in [-0.2, 0) is 0 Å². The number of anilines is 1. The number of aromatic nitrogens is 2. The number of nitrogens with zero attached hydrogens (tertiary/aromatic N) is 1. The van der Waals surface area contributed by atoms with E-state index in [0.29, 0.717) is 5.82 Å². The molecule has 0 aromatic carbocycles. The zero-order valence-corrected chi connectivity index (χ0v) is 9.55. The average Bonchev–Trinajstić information content (AvgIpc) is 2.59. The highest BCUT2D eigenvalue weighted by Gasteiger charge is 2.05. The van der Waals surface area contributed by atoms with E-state index in [-0.39, 0.29) is 5.75 Å². The molecule has 0 aliphatic rings. The quantitative estimate of drug-likeness (QED) is 0.673. The Labute approximate surface area is 89.4 Å². The molecule has 0 radical (unpaired) electrons. The normalized spacial score (nSPS) is 9.60. The molecule has 15 heavy (non-hydrogen) atoms. The molecule has 3 N–H and O–H groups in total. The molecule has 0 fully saturated rings. The summed E-state index contributed by atoms with van der Waals surface area (Å²) in [7, 11) is 1.73. The highest BCUT2D eigenvalue weighted by Crippen LogP contribution is 2.25. The molecule has 4 heteroatoms. The van der Waals surface area contributed by atoms with Gasteiger partial charge in [-0.15, -0.1) is 0 Å². The lowest BCUT2D eigenvalue weighted by atomic mass is 10.3. The first-order valence-corrected chi connectivity index (χ1v) is 5.08. The molecule has 0 aliphatic carbocycles. The maximum atomic E-state index is 9.47. The van der Waals surface area contributed by atoms with Crippen LogP contribution >= 0.6 is 0 Å². The Morgan fingerprint density at radius 2 is 2.00 bits per heavy atom. The molecular formula is C11H17N3O. The molecule has 2 aromatic heterocycles. The van der Waals surface area contributed by atoms with Crippen LogP contribution in [0, 0.1) is 6.92 Å². The minimum absolute atomic E-state index is 0.164. The van der Waals surface area contributed by atoms with Crippen molar-refractivity contribution in [3.8, 4) is 5.75 Å². The van der Waals surface area contributed by atoms with Gasteiger partial charge in [-0.1, -0.05) is 13.8 Å². The van der Waals surface area contributed by atoms with Crippen molar-refractivity contribution in [2.75, 3.05) is 12.4 Å². The second-order valence-electron chi connectivity index (χ2n) is 2.99. The Balaban J connectivity index is 0.000000531. The topological polar surface area (TPSA) is 60.9 Å². The zero-order chi connectivity index (χ0) is 11.4. The van der Waals surface area contributed by atoms with Crippen LogP contribution < -0.4 is 5.32 Å². The van der Waals surface area contributed by atoms with E-state index >= 15 is 0 Å². The zero-order valence-electron chi connectivity index (χ0n) is 9.55. The van der Waals surface area contributed by atoms with Gasteiger partial charge in [0.1, 0.15) is 0 Å². The summed E-state index contributed by atoms with van der Waals surface area (Å²) in [6.07, 6.45) is 0. The number of hydrogen-bond acceptors (Lipinski definition) is 3. The van der Waals surface area contributed by atoms with E-state index in [2.05, 4.69) is 15.3 Å². The maximum absolute atomic E-state index is 9.47. The summed E-state index contributed by atoms with van der Waals surface area (Å²) in [6, 6.07) is 3.61. The van der Waals surface area contributed by atoms with Gasteiger partial charge in [0.05, 0.1) is 11.0 Å². The SMILES string of the molecule is CC.CNc1nc2cc(C)[nH]c2cc1O. The molecule has 0 aliphatic heterocycles. The van der Waals surface area contributed by atoms with Crippen LogP contribution in [-0.4, -0.2) is 22.1 Å². The van der Waals surface area contributed by atoms with Gasteiger partial charge in [-0.25, -0.2) is 4.98 Å². The molecule has 2 rings (SSSR count). The van der Waals surface area contributed by atoms with Crippen molar-refractivity contribution in [3.05, 3.63) is 17.8 Å². The Bertz CT molecular complexity index is 448. The van der Waals surface area contributed by atoms with Gasteiger partial charge in [0.15, 0.2) is 11.6 Å². The predicted octanol–water partition coefficient (Wildman–Crippen LogP) is 2.64. The molecule has 2 heterocycles. The summed E-state index contributed by atoms with van der Waals surface area (Å²) in [6.45, 7) is 5.96. The van der Waals surface area contributed by atoms with Gasteiger partial charge in [-0.3, -0.25) is 0 Å². The van der Waals surface area contributed by atoms with E-state index in [9.17, 15) is 5.11 Å². The summed E-state index contributed by atoms with van der Waals surface area (Å²) >= 11 is 0. The average molecular weight is 207 g/mol. The fraction of sp³-hybridized carbons (Fsp3) is 0.364. The second-order valence-corrected chi connectivity index (χ2v) is 2.99. The third-order valence-corrected chi connectivity index (χ3v) is 1.95. The lowest BCUT2D eigenvalue weighted by molar-refractivity contribution is 0.476. The number of pyridine rings is 1.